The number of rotatable bonds is 6. The average molecular weight is 552 g/mol. The van der Waals surface area contributed by atoms with Crippen LogP contribution in [0.2, 0.25) is 0 Å². The molecule has 0 bridgehead atoms. The Hall–Kier alpha value is -4.56. The van der Waals surface area contributed by atoms with Crippen LogP contribution in [0.3, 0.4) is 0 Å². The lowest BCUT2D eigenvalue weighted by Crippen LogP contribution is -2.36. The fourth-order valence-corrected chi connectivity index (χ4v) is 4.42. The van der Waals surface area contributed by atoms with Gasteiger partial charge in [0.25, 0.3) is 5.91 Å². The largest absolute Gasteiger partial charge is 0.339 e. The standard InChI is InChI=1S/C29H22BrN5O2/c30-22-14-10-13-21(19-22)26(32-33-29(37)31-23-15-6-2-7-16-23)25-27(20-11-4-1-5-12-20)34-35(28(25)36)24-17-8-3-9-18-24/h1-19,25H,(H2,31,33,37)/b32-26+. The van der Waals surface area contributed by atoms with Crippen LogP contribution in [0.15, 0.2) is 130 Å². The zero-order valence-electron chi connectivity index (χ0n) is 19.6. The van der Waals surface area contributed by atoms with Gasteiger partial charge in [-0.15, -0.1) is 0 Å². The summed E-state index contributed by atoms with van der Waals surface area (Å²) in [5.74, 6) is -1.12. The lowest BCUT2D eigenvalue weighted by molar-refractivity contribution is -0.118. The number of para-hydroxylation sites is 2. The summed E-state index contributed by atoms with van der Waals surface area (Å²) in [5, 5.41) is 13.3. The van der Waals surface area contributed by atoms with Crippen LogP contribution in [0, 0.1) is 5.92 Å². The summed E-state index contributed by atoms with van der Waals surface area (Å²) in [6.45, 7) is 0. The molecule has 1 heterocycles. The van der Waals surface area contributed by atoms with Gasteiger partial charge in [-0.2, -0.15) is 15.2 Å². The summed E-state index contributed by atoms with van der Waals surface area (Å²) < 4.78 is 0.815. The third-order valence-electron chi connectivity index (χ3n) is 5.71. The number of benzene rings is 4. The predicted octanol–water partition coefficient (Wildman–Crippen LogP) is 6.04. The summed E-state index contributed by atoms with van der Waals surface area (Å²) in [4.78, 5) is 26.6. The number of nitrogens with one attached hydrogen (secondary N) is 2. The molecule has 0 spiro atoms. The molecule has 1 atom stereocenters. The van der Waals surface area contributed by atoms with Crippen molar-refractivity contribution in [3.63, 3.8) is 0 Å². The number of nitrogens with zero attached hydrogens (tertiary/aromatic N) is 3. The van der Waals surface area contributed by atoms with Gasteiger partial charge in [-0.3, -0.25) is 4.79 Å². The van der Waals surface area contributed by atoms with Crippen LogP contribution in [0.4, 0.5) is 16.2 Å². The Labute approximate surface area is 222 Å². The molecule has 0 radical (unpaired) electrons. The summed E-state index contributed by atoms with van der Waals surface area (Å²) >= 11 is 3.51. The minimum atomic E-state index is -0.853. The Bertz CT molecular complexity index is 1470. The van der Waals surface area contributed by atoms with Crippen LogP contribution in [0.1, 0.15) is 11.1 Å². The van der Waals surface area contributed by atoms with Crippen molar-refractivity contribution in [2.45, 2.75) is 0 Å². The van der Waals surface area contributed by atoms with E-state index in [-0.39, 0.29) is 5.91 Å². The molecule has 7 nitrogen and oxygen atoms in total. The summed E-state index contributed by atoms with van der Waals surface area (Å²) in [6.07, 6.45) is 0. The second-order valence-corrected chi connectivity index (χ2v) is 9.12. The number of carbonyl (C=O) groups is 2. The Morgan fingerprint density at radius 2 is 1.49 bits per heavy atom. The van der Waals surface area contributed by atoms with Crippen LogP contribution in [-0.2, 0) is 4.79 Å². The van der Waals surface area contributed by atoms with Crippen molar-refractivity contribution in [2.24, 2.45) is 16.1 Å². The van der Waals surface area contributed by atoms with E-state index < -0.39 is 11.9 Å². The molecule has 0 fully saturated rings. The monoisotopic (exact) mass is 551 g/mol. The third kappa shape index (κ3) is 5.49. The maximum absolute atomic E-state index is 13.9. The van der Waals surface area contributed by atoms with Gasteiger partial charge in [-0.25, -0.2) is 10.2 Å². The van der Waals surface area contributed by atoms with Gasteiger partial charge in [0.15, 0.2) is 0 Å². The van der Waals surface area contributed by atoms with Gasteiger partial charge in [-0.05, 0) is 42.0 Å². The molecule has 8 heteroatoms. The number of carbonyl (C=O) groups excluding carboxylic acids is 2. The van der Waals surface area contributed by atoms with E-state index in [9.17, 15) is 9.59 Å². The maximum atomic E-state index is 13.9. The first-order chi connectivity index (χ1) is 18.1. The van der Waals surface area contributed by atoms with E-state index in [1.54, 1.807) is 12.1 Å². The van der Waals surface area contributed by atoms with E-state index in [1.807, 2.05) is 103 Å². The Balaban J connectivity index is 1.57. The molecule has 0 aliphatic carbocycles. The van der Waals surface area contributed by atoms with Crippen molar-refractivity contribution in [3.8, 4) is 0 Å². The van der Waals surface area contributed by atoms with Crippen molar-refractivity contribution in [3.05, 3.63) is 131 Å². The van der Waals surface area contributed by atoms with Gasteiger partial charge in [-0.1, -0.05) is 94.8 Å². The lowest BCUT2D eigenvalue weighted by atomic mass is 9.88. The number of urea groups is 1. The van der Waals surface area contributed by atoms with Gasteiger partial charge < -0.3 is 5.32 Å². The van der Waals surface area contributed by atoms with Gasteiger partial charge in [0.2, 0.25) is 0 Å². The smallest absolute Gasteiger partial charge is 0.307 e. The van der Waals surface area contributed by atoms with Gasteiger partial charge in [0.1, 0.15) is 5.92 Å². The number of anilines is 2. The van der Waals surface area contributed by atoms with Gasteiger partial charge in [0, 0.05) is 15.7 Å². The Kier molecular flexibility index (Phi) is 7.19. The summed E-state index contributed by atoms with van der Waals surface area (Å²) in [6, 6.07) is 34.7. The molecule has 4 aromatic carbocycles. The van der Waals surface area contributed by atoms with E-state index >= 15 is 0 Å². The zero-order valence-corrected chi connectivity index (χ0v) is 21.2. The molecule has 0 saturated carbocycles. The van der Waals surface area contributed by atoms with E-state index in [2.05, 4.69) is 31.8 Å². The van der Waals surface area contributed by atoms with E-state index in [4.69, 9.17) is 5.10 Å². The predicted molar refractivity (Wildman–Crippen MR) is 150 cm³/mol. The van der Waals surface area contributed by atoms with Crippen molar-refractivity contribution < 1.29 is 9.59 Å². The van der Waals surface area contributed by atoms with Crippen molar-refractivity contribution >= 4 is 50.7 Å². The number of hydrazone groups is 2. The quantitative estimate of drug-likeness (QED) is 0.226. The molecular weight excluding hydrogens is 530 g/mol. The number of hydrogen-bond acceptors (Lipinski definition) is 4. The molecule has 1 unspecified atom stereocenters. The molecule has 0 aromatic heterocycles. The first-order valence-corrected chi connectivity index (χ1v) is 12.4. The van der Waals surface area contributed by atoms with Crippen LogP contribution in [0.5, 0.6) is 0 Å². The minimum absolute atomic E-state index is 0.269. The zero-order chi connectivity index (χ0) is 25.6. The lowest BCUT2D eigenvalue weighted by Gasteiger charge is -2.17. The highest BCUT2D eigenvalue weighted by molar-refractivity contribution is 9.10. The molecule has 1 aliphatic heterocycles. The Morgan fingerprint density at radius 1 is 0.838 bits per heavy atom. The summed E-state index contributed by atoms with van der Waals surface area (Å²) in [7, 11) is 0. The number of hydrogen-bond donors (Lipinski definition) is 2. The van der Waals surface area contributed by atoms with Crippen molar-refractivity contribution in [2.75, 3.05) is 10.3 Å². The molecular formula is C29H22BrN5O2. The fraction of sp³-hybridized carbons (Fsp3) is 0.0345. The van der Waals surface area contributed by atoms with Crippen LogP contribution < -0.4 is 15.8 Å². The first-order valence-electron chi connectivity index (χ1n) is 11.6. The second kappa shape index (κ2) is 11.0. The molecule has 3 amide bonds. The highest BCUT2D eigenvalue weighted by Gasteiger charge is 2.41. The van der Waals surface area contributed by atoms with Crippen LogP contribution in [-0.4, -0.2) is 23.4 Å². The molecule has 0 saturated heterocycles. The third-order valence-corrected chi connectivity index (χ3v) is 6.20. The molecule has 2 N–H and O–H groups in total. The van der Waals surface area contributed by atoms with Crippen molar-refractivity contribution in [1.29, 1.82) is 0 Å². The highest BCUT2D eigenvalue weighted by atomic mass is 79.9. The van der Waals surface area contributed by atoms with Crippen molar-refractivity contribution in [1.82, 2.24) is 5.43 Å². The molecule has 4 aromatic rings. The second-order valence-electron chi connectivity index (χ2n) is 8.21. The van der Waals surface area contributed by atoms with E-state index in [0.717, 1.165) is 10.0 Å². The fourth-order valence-electron chi connectivity index (χ4n) is 4.02. The summed E-state index contributed by atoms with van der Waals surface area (Å²) in [5.41, 5.74) is 6.21. The van der Waals surface area contributed by atoms with Crippen LogP contribution in [0.25, 0.3) is 0 Å². The van der Waals surface area contributed by atoms with Crippen LogP contribution >= 0.6 is 15.9 Å². The maximum Gasteiger partial charge on any atom is 0.339 e. The van der Waals surface area contributed by atoms with Gasteiger partial charge >= 0.3 is 6.03 Å². The van der Waals surface area contributed by atoms with E-state index in [0.29, 0.717) is 28.4 Å². The average Bonchev–Trinajstić information content (AvgIpc) is 3.27. The molecule has 37 heavy (non-hydrogen) atoms. The topological polar surface area (TPSA) is 86.2 Å². The minimum Gasteiger partial charge on any atom is -0.307 e. The first kappa shape index (κ1) is 24.1. The molecule has 5 rings (SSSR count). The highest BCUT2D eigenvalue weighted by Crippen LogP contribution is 2.30. The molecule has 1 aliphatic rings. The molecule has 182 valence electrons. The number of halogens is 1. The SMILES string of the molecule is O=C(N/N=C(\c1cccc(Br)c1)C1C(=O)N(c2ccccc2)N=C1c1ccccc1)Nc1ccccc1. The van der Waals surface area contributed by atoms with E-state index in [1.165, 1.54) is 5.01 Å². The number of amides is 3. The Morgan fingerprint density at radius 3 is 2.16 bits per heavy atom. The van der Waals surface area contributed by atoms with Gasteiger partial charge in [0.05, 0.1) is 17.1 Å². The normalized spacial score (nSPS) is 15.3.